The minimum absolute atomic E-state index is 0.508. The van der Waals surface area contributed by atoms with Gasteiger partial charge in [-0.1, -0.05) is 84.9 Å². The monoisotopic (exact) mass is 679 g/mol. The van der Waals surface area contributed by atoms with E-state index in [1.54, 1.807) is 4.85 Å². The van der Waals surface area contributed by atoms with Gasteiger partial charge in [0.05, 0.1) is 0 Å². The molecule has 3 fully saturated rings. The van der Waals surface area contributed by atoms with Gasteiger partial charge in [0.2, 0.25) is 0 Å². The summed E-state index contributed by atoms with van der Waals surface area (Å²) in [6, 6.07) is 34.5. The van der Waals surface area contributed by atoms with Crippen molar-refractivity contribution >= 4 is 42.8 Å². The standard InChI is InChI=1S/C21H21P.C18H28N6OP/c1-16-10-4-7-13-19(16)22(20-14-8-5-11-17(20)2)21-15-9-6-12-18(21)3;1-2-10-18-17(9-1)19-20-24(18)25-26(21-11-3-4-12-21,22-13-5-6-14-22)23-15-7-8-16-23/h4-15H,1-3H3;1-2,9-10H,3-8,11-16H2/q;+1. The van der Waals surface area contributed by atoms with E-state index < -0.39 is 15.9 Å². The molecule has 0 spiro atoms. The molecule has 9 heteroatoms. The molecule has 3 aliphatic rings. The van der Waals surface area contributed by atoms with E-state index in [-0.39, 0.29) is 0 Å². The molecule has 0 bridgehead atoms. The molecule has 0 unspecified atom stereocenters. The number of nitrogens with zero attached hydrogens (tertiary/aromatic N) is 6. The molecule has 0 aliphatic carbocycles. The second-order valence-corrected chi connectivity index (χ2v) is 18.2. The minimum Gasteiger partial charge on any atom is -0.183 e. The third-order valence-corrected chi connectivity index (χ3v) is 16.7. The van der Waals surface area contributed by atoms with E-state index in [1.807, 2.05) is 18.2 Å². The van der Waals surface area contributed by atoms with E-state index in [1.165, 1.54) is 71.1 Å². The van der Waals surface area contributed by atoms with Crippen molar-refractivity contribution in [3.63, 3.8) is 0 Å². The van der Waals surface area contributed by atoms with Gasteiger partial charge in [-0.25, -0.2) is 0 Å². The molecule has 0 radical (unpaired) electrons. The van der Waals surface area contributed by atoms with E-state index in [0.29, 0.717) is 0 Å². The van der Waals surface area contributed by atoms with Crippen LogP contribution in [0.25, 0.3) is 11.0 Å². The Morgan fingerprint density at radius 2 is 0.896 bits per heavy atom. The predicted octanol–water partition coefficient (Wildman–Crippen LogP) is 7.19. The van der Waals surface area contributed by atoms with Gasteiger partial charge in [0, 0.05) is 39.3 Å². The topological polar surface area (TPSA) is 49.7 Å². The largest absolute Gasteiger partial charge is 0.451 e. The summed E-state index contributed by atoms with van der Waals surface area (Å²) in [5.41, 5.74) is 5.99. The Balaban J connectivity index is 0.000000154. The lowest BCUT2D eigenvalue weighted by Gasteiger charge is -2.39. The van der Waals surface area contributed by atoms with E-state index >= 15 is 0 Å². The van der Waals surface area contributed by atoms with E-state index in [9.17, 15) is 0 Å². The second-order valence-electron chi connectivity index (χ2n) is 13.2. The van der Waals surface area contributed by atoms with Crippen molar-refractivity contribution in [2.24, 2.45) is 0 Å². The molecular weight excluding hydrogens is 630 g/mol. The summed E-state index contributed by atoms with van der Waals surface area (Å²) in [6.45, 7) is 13.5. The van der Waals surface area contributed by atoms with Crippen molar-refractivity contribution < 1.29 is 4.62 Å². The van der Waals surface area contributed by atoms with Gasteiger partial charge in [-0.15, -0.1) is 19.1 Å². The normalized spacial score (nSPS) is 17.7. The van der Waals surface area contributed by atoms with Gasteiger partial charge in [-0.2, -0.15) is 4.62 Å². The Morgan fingerprint density at radius 1 is 0.521 bits per heavy atom. The van der Waals surface area contributed by atoms with Gasteiger partial charge in [0.1, 0.15) is 11.0 Å². The molecule has 4 heterocycles. The number of fused-ring (bicyclic) bond motifs is 1. The van der Waals surface area contributed by atoms with Crippen LogP contribution in [0.2, 0.25) is 0 Å². The highest BCUT2D eigenvalue weighted by molar-refractivity contribution is 7.80. The summed E-state index contributed by atoms with van der Waals surface area (Å²) in [5, 5.41) is 13.1. The van der Waals surface area contributed by atoms with Crippen LogP contribution in [0.15, 0.2) is 97.1 Å². The zero-order valence-corrected chi connectivity index (χ0v) is 30.5. The quantitative estimate of drug-likeness (QED) is 0.162. The maximum atomic E-state index is 6.94. The molecule has 0 N–H and O–H groups in total. The van der Waals surface area contributed by atoms with Gasteiger partial charge in [-0.3, -0.25) is 0 Å². The predicted molar refractivity (Wildman–Crippen MR) is 203 cm³/mol. The minimum atomic E-state index is -2.07. The number of aromatic nitrogens is 3. The fraction of sp³-hybridized carbons (Fsp3) is 0.385. The van der Waals surface area contributed by atoms with Crippen molar-refractivity contribution in [1.29, 1.82) is 0 Å². The molecule has 48 heavy (non-hydrogen) atoms. The van der Waals surface area contributed by atoms with E-state index in [4.69, 9.17) is 4.62 Å². The number of rotatable bonds is 8. The van der Waals surface area contributed by atoms with E-state index in [2.05, 4.69) is 124 Å². The molecule has 8 rings (SSSR count). The lowest BCUT2D eigenvalue weighted by atomic mass is 10.2. The maximum Gasteiger partial charge on any atom is 0.451 e. The van der Waals surface area contributed by atoms with Gasteiger partial charge >= 0.3 is 7.94 Å². The Kier molecular flexibility index (Phi) is 10.5. The molecule has 0 atom stereocenters. The number of para-hydroxylation sites is 1. The number of hydrogen-bond acceptors (Lipinski definition) is 6. The van der Waals surface area contributed by atoms with Crippen molar-refractivity contribution in [3.05, 3.63) is 114 Å². The lowest BCUT2D eigenvalue weighted by Crippen LogP contribution is -2.47. The zero-order chi connectivity index (χ0) is 32.9. The molecule has 5 aromatic rings. The third-order valence-electron chi connectivity index (χ3n) is 9.93. The average molecular weight is 680 g/mol. The van der Waals surface area contributed by atoms with Gasteiger partial charge in [0.25, 0.3) is 0 Å². The first-order valence-electron chi connectivity index (χ1n) is 17.7. The van der Waals surface area contributed by atoms with E-state index in [0.717, 1.165) is 50.3 Å². The van der Waals surface area contributed by atoms with Crippen LogP contribution in [0.4, 0.5) is 0 Å². The summed E-state index contributed by atoms with van der Waals surface area (Å²) in [7, 11) is -2.58. The van der Waals surface area contributed by atoms with Crippen molar-refractivity contribution in [1.82, 2.24) is 29.2 Å². The average Bonchev–Trinajstić information content (AvgIpc) is 3.96. The first-order chi connectivity index (χ1) is 23.6. The summed E-state index contributed by atoms with van der Waals surface area (Å²) in [4.78, 5) is 1.72. The molecule has 0 amide bonds. The van der Waals surface area contributed by atoms with Crippen LogP contribution in [0.1, 0.15) is 55.2 Å². The van der Waals surface area contributed by atoms with Crippen LogP contribution in [-0.4, -0.2) is 68.4 Å². The third kappa shape index (κ3) is 6.69. The molecule has 3 aliphatic heterocycles. The summed E-state index contributed by atoms with van der Waals surface area (Å²) < 4.78 is 14.9. The number of benzene rings is 4. The molecule has 3 saturated heterocycles. The molecular formula is C39H49N6OP2+. The van der Waals surface area contributed by atoms with Gasteiger partial charge in [-0.05, 0) is 122 Å². The molecule has 250 valence electrons. The van der Waals surface area contributed by atoms with Crippen LogP contribution < -0.4 is 20.5 Å². The fourth-order valence-electron chi connectivity index (χ4n) is 7.42. The second kappa shape index (κ2) is 15.2. The van der Waals surface area contributed by atoms with Crippen LogP contribution >= 0.6 is 15.9 Å². The van der Waals surface area contributed by atoms with Crippen LogP contribution in [0.3, 0.4) is 0 Å². The summed E-state index contributed by atoms with van der Waals surface area (Å²) in [5.74, 6) is 0. The SMILES string of the molecule is Cc1ccccc1P(c1ccccc1C)c1ccccc1C.c1ccc2c(c1)nnn2O[P+](N1CCCC1)(N1CCCC1)N1CCCC1. The highest BCUT2D eigenvalue weighted by Crippen LogP contribution is 2.68. The van der Waals surface area contributed by atoms with Crippen molar-refractivity contribution in [3.8, 4) is 0 Å². The fourth-order valence-corrected chi connectivity index (χ4v) is 14.3. The maximum absolute atomic E-state index is 6.94. The van der Waals surface area contributed by atoms with Crippen molar-refractivity contribution in [2.45, 2.75) is 59.3 Å². The zero-order valence-electron chi connectivity index (χ0n) is 28.7. The first-order valence-corrected chi connectivity index (χ1v) is 20.6. The van der Waals surface area contributed by atoms with Gasteiger partial charge in [0.15, 0.2) is 0 Å². The van der Waals surface area contributed by atoms with Gasteiger partial charge < -0.3 is 0 Å². The van der Waals surface area contributed by atoms with Crippen LogP contribution in [0, 0.1) is 20.8 Å². The Labute approximate surface area is 288 Å². The van der Waals surface area contributed by atoms with Crippen LogP contribution in [-0.2, 0) is 0 Å². The Morgan fingerprint density at radius 3 is 1.31 bits per heavy atom. The number of hydrogen-bond donors (Lipinski definition) is 0. The highest BCUT2D eigenvalue weighted by Gasteiger charge is 2.63. The number of aryl methyl sites for hydroxylation is 3. The molecule has 7 nitrogen and oxygen atoms in total. The lowest BCUT2D eigenvalue weighted by molar-refractivity contribution is 0.169. The van der Waals surface area contributed by atoms with Crippen LogP contribution in [0.5, 0.6) is 0 Å². The molecule has 4 aromatic carbocycles. The Hall–Kier alpha value is -3.18. The Bertz CT molecular complexity index is 1660. The highest BCUT2D eigenvalue weighted by atomic mass is 31.2. The van der Waals surface area contributed by atoms with Crippen molar-refractivity contribution in [2.75, 3.05) is 39.3 Å². The first kappa shape index (κ1) is 33.3. The molecule has 0 saturated carbocycles. The summed E-state index contributed by atoms with van der Waals surface area (Å²) >= 11 is 0. The smallest absolute Gasteiger partial charge is 0.183 e. The molecule has 1 aromatic heterocycles. The summed E-state index contributed by atoms with van der Waals surface area (Å²) in [6.07, 6.45) is 7.61.